The monoisotopic (exact) mass is 271 g/mol. The highest BCUT2D eigenvalue weighted by Crippen LogP contribution is 2.57. The lowest BCUT2D eigenvalue weighted by molar-refractivity contribution is 0.156. The van der Waals surface area contributed by atoms with Gasteiger partial charge in [0.05, 0.1) is 0 Å². The first-order valence-corrected chi connectivity index (χ1v) is 8.49. The summed E-state index contributed by atoms with van der Waals surface area (Å²) in [5.41, 5.74) is 3.60. The molecule has 0 saturated heterocycles. The fourth-order valence-electron chi connectivity index (χ4n) is 4.76. The molecule has 0 radical (unpaired) electrons. The summed E-state index contributed by atoms with van der Waals surface area (Å²) in [4.78, 5) is 0. The normalized spacial score (nSPS) is 31.9. The zero-order valence-electron chi connectivity index (χ0n) is 13.1. The molecule has 2 aliphatic rings. The molecule has 2 bridgehead atoms. The number of hydrogen-bond acceptors (Lipinski definition) is 1. The Morgan fingerprint density at radius 2 is 2.10 bits per heavy atom. The summed E-state index contributed by atoms with van der Waals surface area (Å²) in [6, 6.07) is 9.00. The smallest absolute Gasteiger partial charge is 0.00138 e. The average Bonchev–Trinajstić information content (AvgIpc) is 3.03. The van der Waals surface area contributed by atoms with E-state index < -0.39 is 0 Å². The van der Waals surface area contributed by atoms with Crippen LogP contribution < -0.4 is 5.32 Å². The highest BCUT2D eigenvalue weighted by atomic mass is 14.9. The van der Waals surface area contributed by atoms with Crippen LogP contribution in [0.1, 0.15) is 50.2 Å². The van der Waals surface area contributed by atoms with Gasteiger partial charge in [-0.15, -0.1) is 0 Å². The molecule has 3 unspecified atom stereocenters. The molecule has 0 amide bonds. The summed E-state index contributed by atoms with van der Waals surface area (Å²) in [5.74, 6) is 1.99. The number of rotatable bonds is 6. The molecule has 2 saturated carbocycles. The Morgan fingerprint density at radius 1 is 1.25 bits per heavy atom. The van der Waals surface area contributed by atoms with Crippen molar-refractivity contribution < 1.29 is 0 Å². The van der Waals surface area contributed by atoms with Crippen LogP contribution in [-0.2, 0) is 6.42 Å². The van der Waals surface area contributed by atoms with Crippen LogP contribution in [0.2, 0.25) is 0 Å². The first-order valence-electron chi connectivity index (χ1n) is 8.49. The van der Waals surface area contributed by atoms with E-state index in [0.29, 0.717) is 5.41 Å². The molecular formula is C19H29N. The zero-order chi connectivity index (χ0) is 14.0. The summed E-state index contributed by atoms with van der Waals surface area (Å²) in [7, 11) is 0. The van der Waals surface area contributed by atoms with Crippen molar-refractivity contribution in [3.63, 3.8) is 0 Å². The molecule has 1 nitrogen and oxygen atoms in total. The summed E-state index contributed by atoms with van der Waals surface area (Å²) in [5, 5.41) is 3.74. The molecule has 1 aromatic rings. The minimum absolute atomic E-state index is 0.546. The summed E-state index contributed by atoms with van der Waals surface area (Å²) in [6.07, 6.45) is 8.47. The lowest BCUT2D eigenvalue weighted by Crippen LogP contribution is -2.41. The second-order valence-corrected chi connectivity index (χ2v) is 7.22. The van der Waals surface area contributed by atoms with Crippen LogP contribution in [0, 0.1) is 24.2 Å². The summed E-state index contributed by atoms with van der Waals surface area (Å²) in [6.45, 7) is 6.95. The first kappa shape index (κ1) is 14.1. The van der Waals surface area contributed by atoms with Gasteiger partial charge >= 0.3 is 0 Å². The van der Waals surface area contributed by atoms with E-state index in [9.17, 15) is 0 Å². The quantitative estimate of drug-likeness (QED) is 0.759. The van der Waals surface area contributed by atoms with Crippen molar-refractivity contribution >= 4 is 0 Å². The Balaban J connectivity index is 1.78. The maximum absolute atomic E-state index is 3.74. The number of nitrogens with one attached hydrogen (secondary N) is 1. The molecular weight excluding hydrogens is 242 g/mol. The standard InChI is InChI=1S/C19H29N/c1-3-10-20-14-19(12-16-8-9-18(19)11-16)13-17-7-5-4-6-15(17)2/h4-7,16,18,20H,3,8-14H2,1-2H3. The molecule has 3 atom stereocenters. The van der Waals surface area contributed by atoms with Gasteiger partial charge in [-0.05, 0) is 74.0 Å². The number of fused-ring (bicyclic) bond motifs is 2. The minimum Gasteiger partial charge on any atom is -0.316 e. The molecule has 1 N–H and O–H groups in total. The Labute approximate surface area is 124 Å². The fraction of sp³-hybridized carbons (Fsp3) is 0.684. The van der Waals surface area contributed by atoms with Crippen molar-refractivity contribution in [1.82, 2.24) is 5.32 Å². The molecule has 2 fully saturated rings. The van der Waals surface area contributed by atoms with Gasteiger partial charge in [-0.3, -0.25) is 0 Å². The van der Waals surface area contributed by atoms with E-state index in [1.165, 1.54) is 57.2 Å². The molecule has 20 heavy (non-hydrogen) atoms. The van der Waals surface area contributed by atoms with Crippen molar-refractivity contribution in [3.8, 4) is 0 Å². The lowest BCUT2D eigenvalue weighted by atomic mass is 9.69. The molecule has 1 heteroatoms. The van der Waals surface area contributed by atoms with Crippen LogP contribution in [0.15, 0.2) is 24.3 Å². The predicted molar refractivity (Wildman–Crippen MR) is 85.9 cm³/mol. The van der Waals surface area contributed by atoms with Crippen molar-refractivity contribution in [1.29, 1.82) is 0 Å². The van der Waals surface area contributed by atoms with Gasteiger partial charge in [0.15, 0.2) is 0 Å². The third kappa shape index (κ3) is 2.65. The second kappa shape index (κ2) is 5.89. The van der Waals surface area contributed by atoms with Crippen molar-refractivity contribution in [2.24, 2.45) is 17.3 Å². The van der Waals surface area contributed by atoms with Crippen LogP contribution >= 0.6 is 0 Å². The fourth-order valence-corrected chi connectivity index (χ4v) is 4.76. The van der Waals surface area contributed by atoms with E-state index in [2.05, 4.69) is 43.4 Å². The maximum atomic E-state index is 3.74. The van der Waals surface area contributed by atoms with Crippen LogP contribution in [-0.4, -0.2) is 13.1 Å². The average molecular weight is 271 g/mol. The van der Waals surface area contributed by atoms with Gasteiger partial charge in [0.25, 0.3) is 0 Å². The highest BCUT2D eigenvalue weighted by molar-refractivity contribution is 5.27. The number of hydrogen-bond donors (Lipinski definition) is 1. The Morgan fingerprint density at radius 3 is 2.75 bits per heavy atom. The van der Waals surface area contributed by atoms with Crippen molar-refractivity contribution in [3.05, 3.63) is 35.4 Å². The van der Waals surface area contributed by atoms with E-state index in [-0.39, 0.29) is 0 Å². The molecule has 2 aliphatic carbocycles. The van der Waals surface area contributed by atoms with Crippen LogP contribution in [0.4, 0.5) is 0 Å². The minimum atomic E-state index is 0.546. The van der Waals surface area contributed by atoms with Gasteiger partial charge in [-0.2, -0.15) is 0 Å². The third-order valence-corrected chi connectivity index (χ3v) is 5.81. The molecule has 0 aromatic heterocycles. The van der Waals surface area contributed by atoms with Crippen molar-refractivity contribution in [2.45, 2.75) is 52.4 Å². The predicted octanol–water partition coefficient (Wildman–Crippen LogP) is 4.34. The topological polar surface area (TPSA) is 12.0 Å². The van der Waals surface area contributed by atoms with E-state index in [0.717, 1.165) is 11.8 Å². The lowest BCUT2D eigenvalue weighted by Gasteiger charge is -2.39. The van der Waals surface area contributed by atoms with Gasteiger partial charge in [-0.1, -0.05) is 37.6 Å². The summed E-state index contributed by atoms with van der Waals surface area (Å²) >= 11 is 0. The van der Waals surface area contributed by atoms with Crippen molar-refractivity contribution in [2.75, 3.05) is 13.1 Å². The van der Waals surface area contributed by atoms with Gasteiger partial charge < -0.3 is 5.32 Å². The van der Waals surface area contributed by atoms with E-state index in [4.69, 9.17) is 0 Å². The Bertz CT molecular complexity index is 453. The maximum Gasteiger partial charge on any atom is 0.00138 e. The number of aryl methyl sites for hydroxylation is 1. The Kier molecular flexibility index (Phi) is 4.16. The third-order valence-electron chi connectivity index (χ3n) is 5.81. The highest BCUT2D eigenvalue weighted by Gasteiger charge is 2.50. The van der Waals surface area contributed by atoms with E-state index in [1.807, 2.05) is 0 Å². The molecule has 110 valence electrons. The first-order chi connectivity index (χ1) is 9.73. The second-order valence-electron chi connectivity index (χ2n) is 7.22. The van der Waals surface area contributed by atoms with Crippen LogP contribution in [0.3, 0.4) is 0 Å². The zero-order valence-corrected chi connectivity index (χ0v) is 13.1. The molecule has 1 aromatic carbocycles. The summed E-state index contributed by atoms with van der Waals surface area (Å²) < 4.78 is 0. The van der Waals surface area contributed by atoms with E-state index in [1.54, 1.807) is 5.56 Å². The largest absolute Gasteiger partial charge is 0.316 e. The molecule has 3 rings (SSSR count). The van der Waals surface area contributed by atoms with Gasteiger partial charge in [0.1, 0.15) is 0 Å². The molecule has 0 heterocycles. The molecule has 0 spiro atoms. The van der Waals surface area contributed by atoms with Gasteiger partial charge in [0.2, 0.25) is 0 Å². The number of benzene rings is 1. The van der Waals surface area contributed by atoms with E-state index >= 15 is 0 Å². The Hall–Kier alpha value is -0.820. The van der Waals surface area contributed by atoms with Gasteiger partial charge in [-0.25, -0.2) is 0 Å². The van der Waals surface area contributed by atoms with Crippen LogP contribution in [0.25, 0.3) is 0 Å². The van der Waals surface area contributed by atoms with Crippen LogP contribution in [0.5, 0.6) is 0 Å². The molecule has 0 aliphatic heterocycles. The SMILES string of the molecule is CCCNCC1(Cc2ccccc2C)CC2CCC1C2. The van der Waals surface area contributed by atoms with Gasteiger partial charge in [0, 0.05) is 6.54 Å².